The Morgan fingerprint density at radius 1 is 0.905 bits per heavy atom. The van der Waals surface area contributed by atoms with Gasteiger partial charge in [-0.25, -0.2) is 9.78 Å². The summed E-state index contributed by atoms with van der Waals surface area (Å²) >= 11 is 0. The zero-order valence-corrected chi connectivity index (χ0v) is 26.1. The fourth-order valence-corrected chi connectivity index (χ4v) is 5.01. The summed E-state index contributed by atoms with van der Waals surface area (Å²) in [5.41, 5.74) is 3.98. The quantitative estimate of drug-likeness (QED) is 0.237. The summed E-state index contributed by atoms with van der Waals surface area (Å²) in [6, 6.07) is 21.3. The number of H-pyrrole nitrogens is 1. The minimum Gasteiger partial charge on any atom is -0.444 e. The Morgan fingerprint density at radius 3 is 2.14 bits per heavy atom. The first-order valence-electron chi connectivity index (χ1n) is 14.8. The molecule has 42 heavy (non-hydrogen) atoms. The summed E-state index contributed by atoms with van der Waals surface area (Å²) < 4.78 is 18.1. The van der Waals surface area contributed by atoms with E-state index in [4.69, 9.17) is 14.0 Å². The smallest absolute Gasteiger partial charge is 0.444 e. The molecule has 1 amide bonds. The third-order valence-corrected chi connectivity index (χ3v) is 8.03. The molecule has 1 aromatic heterocycles. The number of amides is 1. The number of hydrogen-bond donors (Lipinski definition) is 1. The Morgan fingerprint density at radius 2 is 1.50 bits per heavy atom. The number of benzene rings is 3. The van der Waals surface area contributed by atoms with Crippen LogP contribution >= 0.6 is 0 Å². The van der Waals surface area contributed by atoms with E-state index in [0.29, 0.717) is 13.1 Å². The second-order valence-electron chi connectivity index (χ2n) is 13.1. The fraction of sp³-hybridized carbons (Fsp3) is 0.412. The van der Waals surface area contributed by atoms with Gasteiger partial charge < -0.3 is 23.9 Å². The van der Waals surface area contributed by atoms with Crippen molar-refractivity contribution in [1.29, 1.82) is 0 Å². The minimum atomic E-state index is -0.540. The topological polar surface area (TPSA) is 76.7 Å². The highest BCUT2D eigenvalue weighted by Gasteiger charge is 2.51. The van der Waals surface area contributed by atoms with Crippen molar-refractivity contribution in [3.05, 3.63) is 72.7 Å². The Hall–Kier alpha value is -3.62. The molecule has 0 unspecified atom stereocenters. The van der Waals surface area contributed by atoms with Crippen LogP contribution in [-0.4, -0.2) is 51.4 Å². The van der Waals surface area contributed by atoms with Gasteiger partial charge in [-0.15, -0.1) is 0 Å². The third kappa shape index (κ3) is 6.40. The highest BCUT2D eigenvalue weighted by atomic mass is 16.7. The monoisotopic (exact) mass is 567 g/mol. The van der Waals surface area contributed by atoms with Crippen molar-refractivity contribution in [1.82, 2.24) is 14.9 Å². The largest absolute Gasteiger partial charge is 0.494 e. The van der Waals surface area contributed by atoms with Crippen LogP contribution in [0.15, 0.2) is 66.9 Å². The van der Waals surface area contributed by atoms with Crippen LogP contribution in [0, 0.1) is 0 Å². The van der Waals surface area contributed by atoms with E-state index < -0.39 is 5.60 Å². The van der Waals surface area contributed by atoms with Gasteiger partial charge in [0, 0.05) is 6.54 Å². The maximum Gasteiger partial charge on any atom is 0.494 e. The first kappa shape index (κ1) is 29.9. The van der Waals surface area contributed by atoms with Crippen molar-refractivity contribution in [2.24, 2.45) is 0 Å². The molecule has 2 heterocycles. The lowest BCUT2D eigenvalue weighted by atomic mass is 9.78. The van der Waals surface area contributed by atoms with Gasteiger partial charge in [-0.3, -0.25) is 0 Å². The maximum absolute atomic E-state index is 12.7. The second-order valence-corrected chi connectivity index (χ2v) is 13.1. The molecule has 1 saturated heterocycles. The van der Waals surface area contributed by atoms with E-state index >= 15 is 0 Å². The Balaban J connectivity index is 1.29. The number of hydrogen-bond acceptors (Lipinski definition) is 5. The molecular weight excluding hydrogens is 525 g/mol. The van der Waals surface area contributed by atoms with E-state index in [1.54, 1.807) is 4.90 Å². The maximum atomic E-state index is 12.7. The molecule has 7 nitrogen and oxygen atoms in total. The molecule has 0 spiro atoms. The number of rotatable bonds is 7. The van der Waals surface area contributed by atoms with Crippen LogP contribution in [0.4, 0.5) is 4.79 Å². The summed E-state index contributed by atoms with van der Waals surface area (Å²) in [6.07, 6.45) is 2.33. The van der Waals surface area contributed by atoms with E-state index in [1.165, 1.54) is 0 Å². The van der Waals surface area contributed by atoms with Gasteiger partial charge >= 0.3 is 13.2 Å². The summed E-state index contributed by atoms with van der Waals surface area (Å²) in [5, 5.41) is 2.31. The highest BCUT2D eigenvalue weighted by molar-refractivity contribution is 6.62. The lowest BCUT2D eigenvalue weighted by Crippen LogP contribution is -2.41. The van der Waals surface area contributed by atoms with Crippen LogP contribution in [0.3, 0.4) is 0 Å². The van der Waals surface area contributed by atoms with Crippen LogP contribution in [-0.2, 0) is 20.6 Å². The number of imidazole rings is 1. The second kappa shape index (κ2) is 11.2. The minimum absolute atomic E-state index is 0.327. The molecule has 8 heteroatoms. The molecule has 1 N–H and O–H groups in total. The van der Waals surface area contributed by atoms with E-state index in [-0.39, 0.29) is 24.4 Å². The molecular formula is C34H42BN3O4. The van der Waals surface area contributed by atoms with Crippen LogP contribution in [0.5, 0.6) is 0 Å². The summed E-state index contributed by atoms with van der Waals surface area (Å²) in [4.78, 5) is 22.3. The van der Waals surface area contributed by atoms with Gasteiger partial charge in [0.2, 0.25) is 0 Å². The van der Waals surface area contributed by atoms with Gasteiger partial charge in [0.1, 0.15) is 11.4 Å². The first-order valence-corrected chi connectivity index (χ1v) is 14.8. The number of carbonyl (C=O) groups is 1. The van der Waals surface area contributed by atoms with Crippen molar-refractivity contribution in [3.8, 4) is 22.4 Å². The normalized spacial score (nSPS) is 16.1. The fourth-order valence-electron chi connectivity index (χ4n) is 5.01. The number of carbonyl (C=O) groups excluding carboxylic acids is 1. The molecule has 0 radical (unpaired) electrons. The van der Waals surface area contributed by atoms with Gasteiger partial charge in [0.25, 0.3) is 0 Å². The summed E-state index contributed by atoms with van der Waals surface area (Å²) in [7, 11) is -0.373. The number of nitrogens with zero attached hydrogens (tertiary/aromatic N) is 2. The molecule has 0 bridgehead atoms. The van der Waals surface area contributed by atoms with Gasteiger partial charge in [-0.1, -0.05) is 61.5 Å². The van der Waals surface area contributed by atoms with E-state index in [0.717, 1.165) is 50.9 Å². The molecule has 0 atom stereocenters. The van der Waals surface area contributed by atoms with Crippen molar-refractivity contribution < 1.29 is 18.8 Å². The Kier molecular flexibility index (Phi) is 7.99. The van der Waals surface area contributed by atoms with Gasteiger partial charge in [-0.2, -0.15) is 0 Å². The molecule has 3 aromatic carbocycles. The van der Waals surface area contributed by atoms with Crippen molar-refractivity contribution in [3.63, 3.8) is 0 Å². The van der Waals surface area contributed by atoms with Gasteiger partial charge in [-0.05, 0) is 93.9 Å². The van der Waals surface area contributed by atoms with Crippen LogP contribution in [0.25, 0.3) is 33.2 Å². The SMILES string of the molecule is CCCN(Cc1ncc(-c2ccc(-c3ccc4cc(B5OC(C)(C)C(C)(C)O5)ccc4c3)cc2)[nH]1)C(=O)OC(C)(C)C. The average molecular weight is 568 g/mol. The Labute approximate surface area is 249 Å². The number of aromatic nitrogens is 2. The molecule has 220 valence electrons. The van der Waals surface area contributed by atoms with Crippen LogP contribution in [0.2, 0.25) is 0 Å². The molecule has 5 rings (SSSR count). The highest BCUT2D eigenvalue weighted by Crippen LogP contribution is 2.37. The summed E-state index contributed by atoms with van der Waals surface area (Å²) in [6.45, 7) is 16.9. The third-order valence-electron chi connectivity index (χ3n) is 8.03. The number of aromatic amines is 1. The molecule has 1 aliphatic rings. The molecule has 1 fully saturated rings. The zero-order valence-electron chi connectivity index (χ0n) is 26.1. The van der Waals surface area contributed by atoms with Crippen LogP contribution < -0.4 is 5.46 Å². The number of nitrogens with one attached hydrogen (secondary N) is 1. The van der Waals surface area contributed by atoms with Crippen molar-refractivity contribution in [2.45, 2.75) is 85.2 Å². The van der Waals surface area contributed by atoms with Crippen molar-refractivity contribution >= 4 is 29.4 Å². The van der Waals surface area contributed by atoms with Crippen LogP contribution in [0.1, 0.15) is 67.6 Å². The average Bonchev–Trinajstić information content (AvgIpc) is 3.47. The number of fused-ring (bicyclic) bond motifs is 1. The van der Waals surface area contributed by atoms with Gasteiger partial charge in [0.15, 0.2) is 0 Å². The molecule has 1 aliphatic heterocycles. The zero-order chi connectivity index (χ0) is 30.3. The molecule has 0 saturated carbocycles. The predicted molar refractivity (Wildman–Crippen MR) is 170 cm³/mol. The van der Waals surface area contributed by atoms with E-state index in [1.807, 2.05) is 33.9 Å². The standard InChI is InChI=1S/C34H42BN3O4/c1-9-18-38(31(39)40-32(2,3)4)22-30-36-21-29(37-30)24-12-10-23(11-13-24)25-14-15-27-20-28(17-16-26(27)19-25)35-41-33(5,6)34(7,8)42-35/h10-17,19-21H,9,18,22H2,1-8H3,(H,36,37). The number of ether oxygens (including phenoxy) is 1. The predicted octanol–water partition coefficient (Wildman–Crippen LogP) is 7.34. The van der Waals surface area contributed by atoms with Crippen molar-refractivity contribution in [2.75, 3.05) is 6.54 Å². The molecule has 0 aliphatic carbocycles. The van der Waals surface area contributed by atoms with Gasteiger partial charge in [0.05, 0.1) is 29.6 Å². The van der Waals surface area contributed by atoms with E-state index in [9.17, 15) is 4.79 Å². The van der Waals surface area contributed by atoms with E-state index in [2.05, 4.69) is 98.3 Å². The summed E-state index contributed by atoms with van der Waals surface area (Å²) in [5.74, 6) is 0.725. The molecule has 4 aromatic rings. The Bertz CT molecular complexity index is 1550. The lowest BCUT2D eigenvalue weighted by molar-refractivity contribution is 0.00578. The lowest BCUT2D eigenvalue weighted by Gasteiger charge is -2.32. The first-order chi connectivity index (χ1) is 19.7.